The van der Waals surface area contributed by atoms with Gasteiger partial charge in [-0.2, -0.15) is 0 Å². The summed E-state index contributed by atoms with van der Waals surface area (Å²) in [6, 6.07) is 7.78. The Kier molecular flexibility index (Phi) is 4.23. The molecule has 0 saturated carbocycles. The van der Waals surface area contributed by atoms with Crippen LogP contribution >= 0.6 is 0 Å². The number of hydrogen-bond acceptors (Lipinski definition) is 4. The molecule has 0 bridgehead atoms. The first-order valence-corrected chi connectivity index (χ1v) is 6.05. The van der Waals surface area contributed by atoms with Crippen molar-refractivity contribution in [1.82, 2.24) is 4.90 Å². The maximum absolute atomic E-state index is 5.97. The van der Waals surface area contributed by atoms with Crippen LogP contribution in [0.2, 0.25) is 0 Å². The maximum Gasteiger partial charge on any atom is 0.161 e. The number of methoxy groups -OCH3 is 1. The van der Waals surface area contributed by atoms with Crippen LogP contribution in [0.5, 0.6) is 11.5 Å². The molecule has 0 spiro atoms. The highest BCUT2D eigenvalue weighted by Gasteiger charge is 2.23. The molecule has 2 rings (SSSR count). The molecule has 4 heteroatoms. The Bertz CT molecular complexity index is 357. The lowest BCUT2D eigenvalue weighted by Crippen LogP contribution is -2.29. The number of hydrogen-bond donors (Lipinski definition) is 1. The zero-order chi connectivity index (χ0) is 12.1. The molecule has 1 aliphatic rings. The van der Waals surface area contributed by atoms with Gasteiger partial charge in [-0.25, -0.2) is 0 Å². The van der Waals surface area contributed by atoms with Gasteiger partial charge in [0.25, 0.3) is 0 Å². The third-order valence-electron chi connectivity index (χ3n) is 3.04. The maximum atomic E-state index is 5.97. The molecule has 4 nitrogen and oxygen atoms in total. The molecule has 0 aromatic heterocycles. The summed E-state index contributed by atoms with van der Waals surface area (Å²) in [6.07, 6.45) is 1.30. The lowest BCUT2D eigenvalue weighted by Gasteiger charge is -2.17. The van der Waals surface area contributed by atoms with E-state index in [1.165, 1.54) is 0 Å². The van der Waals surface area contributed by atoms with E-state index >= 15 is 0 Å². The van der Waals surface area contributed by atoms with Gasteiger partial charge in [0.2, 0.25) is 0 Å². The van der Waals surface area contributed by atoms with Gasteiger partial charge in [-0.05, 0) is 18.6 Å². The monoisotopic (exact) mass is 236 g/mol. The van der Waals surface area contributed by atoms with E-state index in [4.69, 9.17) is 15.2 Å². The normalized spacial score (nSPS) is 20.5. The van der Waals surface area contributed by atoms with Crippen molar-refractivity contribution in [2.45, 2.75) is 12.5 Å². The predicted molar refractivity (Wildman–Crippen MR) is 67.5 cm³/mol. The second-order valence-corrected chi connectivity index (χ2v) is 4.27. The summed E-state index contributed by atoms with van der Waals surface area (Å²) >= 11 is 0. The first kappa shape index (κ1) is 12.2. The Morgan fingerprint density at radius 3 is 2.82 bits per heavy atom. The van der Waals surface area contributed by atoms with Crippen molar-refractivity contribution in [2.75, 3.05) is 33.3 Å². The van der Waals surface area contributed by atoms with E-state index in [9.17, 15) is 0 Å². The first-order valence-electron chi connectivity index (χ1n) is 6.05. The summed E-state index contributed by atoms with van der Waals surface area (Å²) in [7, 11) is 1.66. The van der Waals surface area contributed by atoms with Crippen LogP contribution in [0.3, 0.4) is 0 Å². The number of para-hydroxylation sites is 2. The highest BCUT2D eigenvalue weighted by Crippen LogP contribution is 2.28. The standard InChI is InChI=1S/C13H20N2O2/c1-16-12-4-2-3-5-13(12)17-11-6-8-15(10-11)9-7-14/h2-5,11H,6-10,14H2,1H3. The molecule has 0 radical (unpaired) electrons. The second kappa shape index (κ2) is 5.89. The molecule has 1 heterocycles. The van der Waals surface area contributed by atoms with Crippen LogP contribution in [-0.2, 0) is 0 Å². The summed E-state index contributed by atoms with van der Waals surface area (Å²) in [5, 5.41) is 0. The summed E-state index contributed by atoms with van der Waals surface area (Å²) in [6.45, 7) is 3.68. The van der Waals surface area contributed by atoms with Gasteiger partial charge in [0.15, 0.2) is 11.5 Å². The van der Waals surface area contributed by atoms with E-state index in [-0.39, 0.29) is 6.10 Å². The first-order chi connectivity index (χ1) is 8.33. The van der Waals surface area contributed by atoms with Crippen LogP contribution in [0.4, 0.5) is 0 Å². The van der Waals surface area contributed by atoms with E-state index in [2.05, 4.69) is 4.90 Å². The smallest absolute Gasteiger partial charge is 0.161 e. The van der Waals surface area contributed by atoms with Crippen molar-refractivity contribution in [3.05, 3.63) is 24.3 Å². The Balaban J connectivity index is 1.93. The van der Waals surface area contributed by atoms with Crippen molar-refractivity contribution >= 4 is 0 Å². The number of nitrogens with two attached hydrogens (primary N) is 1. The molecule has 17 heavy (non-hydrogen) atoms. The molecule has 1 saturated heterocycles. The van der Waals surface area contributed by atoms with Crippen LogP contribution in [0.15, 0.2) is 24.3 Å². The lowest BCUT2D eigenvalue weighted by molar-refractivity contribution is 0.194. The zero-order valence-corrected chi connectivity index (χ0v) is 10.3. The molecule has 2 N–H and O–H groups in total. The Morgan fingerprint density at radius 1 is 1.35 bits per heavy atom. The number of likely N-dealkylation sites (tertiary alicyclic amines) is 1. The molecule has 0 amide bonds. The second-order valence-electron chi connectivity index (χ2n) is 4.27. The lowest BCUT2D eigenvalue weighted by atomic mass is 10.3. The van der Waals surface area contributed by atoms with Crippen LogP contribution in [0.25, 0.3) is 0 Å². The van der Waals surface area contributed by atoms with E-state index < -0.39 is 0 Å². The van der Waals surface area contributed by atoms with Crippen molar-refractivity contribution < 1.29 is 9.47 Å². The van der Waals surface area contributed by atoms with Crippen molar-refractivity contribution in [1.29, 1.82) is 0 Å². The molecular weight excluding hydrogens is 216 g/mol. The highest BCUT2D eigenvalue weighted by molar-refractivity contribution is 5.39. The van der Waals surface area contributed by atoms with Gasteiger partial charge in [0.1, 0.15) is 6.10 Å². The Hall–Kier alpha value is -1.26. The highest BCUT2D eigenvalue weighted by atomic mass is 16.5. The van der Waals surface area contributed by atoms with E-state index in [0.717, 1.165) is 37.6 Å². The third-order valence-corrected chi connectivity index (χ3v) is 3.04. The van der Waals surface area contributed by atoms with Crippen molar-refractivity contribution in [3.8, 4) is 11.5 Å². The van der Waals surface area contributed by atoms with E-state index in [1.807, 2.05) is 24.3 Å². The average Bonchev–Trinajstić information content (AvgIpc) is 2.78. The Labute approximate surface area is 102 Å². The summed E-state index contributed by atoms with van der Waals surface area (Å²) in [4.78, 5) is 2.33. The van der Waals surface area contributed by atoms with E-state index in [1.54, 1.807) is 7.11 Å². The molecule has 94 valence electrons. The largest absolute Gasteiger partial charge is 0.493 e. The van der Waals surface area contributed by atoms with Gasteiger partial charge in [-0.15, -0.1) is 0 Å². The predicted octanol–water partition coefficient (Wildman–Crippen LogP) is 1.11. The SMILES string of the molecule is COc1ccccc1OC1CCN(CCN)C1. The van der Waals surface area contributed by atoms with Gasteiger partial charge >= 0.3 is 0 Å². The minimum absolute atomic E-state index is 0.248. The fourth-order valence-electron chi connectivity index (χ4n) is 2.17. The van der Waals surface area contributed by atoms with Crippen LogP contribution in [0.1, 0.15) is 6.42 Å². The molecule has 1 unspecified atom stereocenters. The zero-order valence-electron chi connectivity index (χ0n) is 10.3. The third kappa shape index (κ3) is 3.11. The van der Waals surface area contributed by atoms with Gasteiger partial charge in [-0.3, -0.25) is 4.90 Å². The van der Waals surface area contributed by atoms with Crippen molar-refractivity contribution in [2.24, 2.45) is 5.73 Å². The molecule has 1 aromatic rings. The van der Waals surface area contributed by atoms with Gasteiger partial charge in [0.05, 0.1) is 7.11 Å². The number of ether oxygens (including phenoxy) is 2. The van der Waals surface area contributed by atoms with Gasteiger partial charge < -0.3 is 15.2 Å². The van der Waals surface area contributed by atoms with Gasteiger partial charge in [0, 0.05) is 26.2 Å². The molecule has 1 aromatic carbocycles. The van der Waals surface area contributed by atoms with E-state index in [0.29, 0.717) is 6.54 Å². The topological polar surface area (TPSA) is 47.7 Å². The van der Waals surface area contributed by atoms with Crippen LogP contribution in [-0.4, -0.2) is 44.3 Å². The quantitative estimate of drug-likeness (QED) is 0.832. The average molecular weight is 236 g/mol. The molecule has 1 aliphatic heterocycles. The fraction of sp³-hybridized carbons (Fsp3) is 0.538. The van der Waals surface area contributed by atoms with Crippen LogP contribution in [0, 0.1) is 0 Å². The Morgan fingerprint density at radius 2 is 2.12 bits per heavy atom. The van der Waals surface area contributed by atoms with Crippen molar-refractivity contribution in [3.63, 3.8) is 0 Å². The molecular formula is C13H20N2O2. The summed E-state index contributed by atoms with van der Waals surface area (Å²) in [5.74, 6) is 1.62. The minimum atomic E-state index is 0.248. The number of nitrogens with zero attached hydrogens (tertiary/aromatic N) is 1. The van der Waals surface area contributed by atoms with Gasteiger partial charge in [-0.1, -0.05) is 12.1 Å². The number of benzene rings is 1. The minimum Gasteiger partial charge on any atom is -0.493 e. The number of rotatable bonds is 5. The molecule has 1 atom stereocenters. The summed E-state index contributed by atoms with van der Waals surface area (Å²) in [5.41, 5.74) is 5.55. The fourth-order valence-corrected chi connectivity index (χ4v) is 2.17. The molecule has 0 aliphatic carbocycles. The molecule has 1 fully saturated rings. The summed E-state index contributed by atoms with van der Waals surface area (Å²) < 4.78 is 11.2. The van der Waals surface area contributed by atoms with Crippen LogP contribution < -0.4 is 15.2 Å².